The predicted octanol–water partition coefficient (Wildman–Crippen LogP) is 1.66. The minimum absolute atomic E-state index is 0.00899. The molecule has 1 aromatic carbocycles. The molecule has 0 spiro atoms. The molecule has 4 N–H and O–H groups in total. The highest BCUT2D eigenvalue weighted by Gasteiger charge is 2.01. The molecule has 0 aliphatic carbocycles. The van der Waals surface area contributed by atoms with Crippen LogP contribution in [-0.2, 0) is 0 Å². The molecule has 1 aromatic heterocycles. The van der Waals surface area contributed by atoms with Gasteiger partial charge in [-0.1, -0.05) is 12.1 Å². The van der Waals surface area contributed by atoms with E-state index in [9.17, 15) is 0 Å². The fraction of sp³-hybridized carbons (Fsp3) is 0.0769. The van der Waals surface area contributed by atoms with Gasteiger partial charge in [-0.15, -0.1) is 0 Å². The first kappa shape index (κ1) is 11.9. The van der Waals surface area contributed by atoms with Gasteiger partial charge < -0.3 is 16.2 Å². The molecule has 1 heterocycles. The van der Waals surface area contributed by atoms with Crippen LogP contribution < -0.4 is 16.2 Å². The highest BCUT2D eigenvalue weighted by Crippen LogP contribution is 2.25. The predicted molar refractivity (Wildman–Crippen MR) is 71.7 cm³/mol. The van der Waals surface area contributed by atoms with Crippen molar-refractivity contribution in [3.63, 3.8) is 0 Å². The number of aliphatic imine (C=N–C) groups is 1. The monoisotopic (exact) mass is 242 g/mol. The zero-order valence-electron chi connectivity index (χ0n) is 10.00. The van der Waals surface area contributed by atoms with Crippen molar-refractivity contribution in [3.8, 4) is 16.9 Å². The summed E-state index contributed by atoms with van der Waals surface area (Å²) in [5, 5.41) is 0. The first-order valence-electron chi connectivity index (χ1n) is 5.39. The third kappa shape index (κ3) is 2.76. The second-order valence-electron chi connectivity index (χ2n) is 3.67. The number of guanidine groups is 1. The maximum atomic E-state index is 5.33. The Morgan fingerprint density at radius 2 is 1.94 bits per heavy atom. The van der Waals surface area contributed by atoms with E-state index < -0.39 is 0 Å². The lowest BCUT2D eigenvalue weighted by molar-refractivity contribution is 0.415. The fourth-order valence-corrected chi connectivity index (χ4v) is 1.59. The average Bonchev–Trinajstić information content (AvgIpc) is 2.38. The Hall–Kier alpha value is -2.56. The van der Waals surface area contributed by atoms with Crippen molar-refractivity contribution in [3.05, 3.63) is 42.6 Å². The van der Waals surface area contributed by atoms with Crippen molar-refractivity contribution in [1.82, 2.24) is 4.98 Å². The maximum Gasteiger partial charge on any atom is 0.192 e. The number of nitrogens with zero attached hydrogens (tertiary/aromatic N) is 2. The molecule has 0 amide bonds. The standard InChI is InChI=1S/C13H14N4O/c1-18-11-4-2-3-9(7-11)10-5-6-16-12(8-10)17-13(14)15/h2-8H,1H3,(H4,14,15,16,17). The summed E-state index contributed by atoms with van der Waals surface area (Å²) < 4.78 is 5.19. The summed E-state index contributed by atoms with van der Waals surface area (Å²) >= 11 is 0. The van der Waals surface area contributed by atoms with Crippen LogP contribution >= 0.6 is 0 Å². The van der Waals surface area contributed by atoms with Gasteiger partial charge in [0.05, 0.1) is 7.11 Å². The third-order valence-corrected chi connectivity index (χ3v) is 2.39. The van der Waals surface area contributed by atoms with Crippen molar-refractivity contribution in [2.75, 3.05) is 7.11 Å². The van der Waals surface area contributed by atoms with Gasteiger partial charge in [0.2, 0.25) is 0 Å². The van der Waals surface area contributed by atoms with E-state index in [1.54, 1.807) is 13.3 Å². The molecule has 0 atom stereocenters. The normalized spacial score (nSPS) is 9.83. The molecule has 0 unspecified atom stereocenters. The van der Waals surface area contributed by atoms with Gasteiger partial charge in [0.1, 0.15) is 5.75 Å². The number of nitrogens with two attached hydrogens (primary N) is 2. The quantitative estimate of drug-likeness (QED) is 0.633. The van der Waals surface area contributed by atoms with Crippen LogP contribution in [0.5, 0.6) is 5.75 Å². The smallest absolute Gasteiger partial charge is 0.192 e. The van der Waals surface area contributed by atoms with Crippen molar-refractivity contribution in [2.45, 2.75) is 0 Å². The van der Waals surface area contributed by atoms with E-state index in [4.69, 9.17) is 16.2 Å². The number of pyridine rings is 1. The summed E-state index contributed by atoms with van der Waals surface area (Å²) in [7, 11) is 1.64. The molecule has 92 valence electrons. The molecule has 0 saturated carbocycles. The second kappa shape index (κ2) is 5.18. The highest BCUT2D eigenvalue weighted by atomic mass is 16.5. The lowest BCUT2D eigenvalue weighted by Gasteiger charge is -2.05. The fourth-order valence-electron chi connectivity index (χ4n) is 1.59. The van der Waals surface area contributed by atoms with E-state index >= 15 is 0 Å². The lowest BCUT2D eigenvalue weighted by atomic mass is 10.1. The Morgan fingerprint density at radius 3 is 2.67 bits per heavy atom. The topological polar surface area (TPSA) is 86.5 Å². The molecule has 18 heavy (non-hydrogen) atoms. The Balaban J connectivity index is 2.41. The molecule has 0 aliphatic heterocycles. The van der Waals surface area contributed by atoms with Gasteiger partial charge in [-0.05, 0) is 35.4 Å². The van der Waals surface area contributed by atoms with E-state index in [0.29, 0.717) is 5.82 Å². The number of methoxy groups -OCH3 is 1. The molecule has 0 radical (unpaired) electrons. The second-order valence-corrected chi connectivity index (χ2v) is 3.67. The van der Waals surface area contributed by atoms with Crippen LogP contribution in [0.1, 0.15) is 0 Å². The Labute approximate surface area is 105 Å². The summed E-state index contributed by atoms with van der Waals surface area (Å²) in [6.45, 7) is 0. The molecule has 0 saturated heterocycles. The number of aromatic nitrogens is 1. The number of rotatable bonds is 3. The Kier molecular flexibility index (Phi) is 3.43. The van der Waals surface area contributed by atoms with E-state index in [0.717, 1.165) is 16.9 Å². The van der Waals surface area contributed by atoms with Gasteiger partial charge in [-0.25, -0.2) is 4.98 Å². The summed E-state index contributed by atoms with van der Waals surface area (Å²) in [5.41, 5.74) is 12.6. The van der Waals surface area contributed by atoms with Crippen LogP contribution in [0.4, 0.5) is 5.82 Å². The van der Waals surface area contributed by atoms with Gasteiger partial charge in [-0.3, -0.25) is 0 Å². The largest absolute Gasteiger partial charge is 0.497 e. The SMILES string of the molecule is COc1cccc(-c2ccnc(N=C(N)N)c2)c1. The number of ether oxygens (including phenoxy) is 1. The number of benzene rings is 1. The molecule has 2 aromatic rings. The molecular formula is C13H14N4O. The average molecular weight is 242 g/mol. The molecular weight excluding hydrogens is 228 g/mol. The van der Waals surface area contributed by atoms with Gasteiger partial charge in [0.25, 0.3) is 0 Å². The van der Waals surface area contributed by atoms with Gasteiger partial charge >= 0.3 is 0 Å². The van der Waals surface area contributed by atoms with Crippen LogP contribution in [0.15, 0.2) is 47.6 Å². The highest BCUT2D eigenvalue weighted by molar-refractivity contribution is 5.79. The van der Waals surface area contributed by atoms with Gasteiger partial charge in [0, 0.05) is 6.20 Å². The Bertz CT molecular complexity index is 577. The third-order valence-electron chi connectivity index (χ3n) is 2.39. The minimum atomic E-state index is -0.00899. The van der Waals surface area contributed by atoms with Gasteiger partial charge in [-0.2, -0.15) is 4.99 Å². The van der Waals surface area contributed by atoms with Crippen molar-refractivity contribution < 1.29 is 4.74 Å². The number of hydrogen-bond acceptors (Lipinski definition) is 3. The zero-order valence-corrected chi connectivity index (χ0v) is 10.00. The molecule has 2 rings (SSSR count). The van der Waals surface area contributed by atoms with E-state index in [1.807, 2.05) is 36.4 Å². The van der Waals surface area contributed by atoms with Crippen LogP contribution in [0, 0.1) is 0 Å². The molecule has 0 fully saturated rings. The summed E-state index contributed by atoms with van der Waals surface area (Å²) in [6, 6.07) is 11.4. The lowest BCUT2D eigenvalue weighted by Crippen LogP contribution is -2.22. The van der Waals surface area contributed by atoms with Crippen LogP contribution in [-0.4, -0.2) is 18.1 Å². The molecule has 5 heteroatoms. The zero-order chi connectivity index (χ0) is 13.0. The van der Waals surface area contributed by atoms with Crippen LogP contribution in [0.25, 0.3) is 11.1 Å². The van der Waals surface area contributed by atoms with Crippen molar-refractivity contribution >= 4 is 11.8 Å². The van der Waals surface area contributed by atoms with E-state index in [2.05, 4.69) is 9.98 Å². The molecule has 0 bridgehead atoms. The van der Waals surface area contributed by atoms with E-state index in [1.165, 1.54) is 0 Å². The summed E-state index contributed by atoms with van der Waals surface area (Å²) in [5.74, 6) is 1.27. The Morgan fingerprint density at radius 1 is 1.17 bits per heavy atom. The van der Waals surface area contributed by atoms with Crippen molar-refractivity contribution in [2.24, 2.45) is 16.5 Å². The van der Waals surface area contributed by atoms with Crippen LogP contribution in [0.2, 0.25) is 0 Å². The number of hydrogen-bond donors (Lipinski definition) is 2. The first-order valence-corrected chi connectivity index (χ1v) is 5.39. The summed E-state index contributed by atoms with van der Waals surface area (Å²) in [4.78, 5) is 7.99. The molecule has 0 aliphatic rings. The van der Waals surface area contributed by atoms with Gasteiger partial charge in [0.15, 0.2) is 11.8 Å². The van der Waals surface area contributed by atoms with E-state index in [-0.39, 0.29) is 5.96 Å². The first-order chi connectivity index (χ1) is 8.69. The van der Waals surface area contributed by atoms with Crippen LogP contribution in [0.3, 0.4) is 0 Å². The maximum absolute atomic E-state index is 5.33. The molecule has 5 nitrogen and oxygen atoms in total. The minimum Gasteiger partial charge on any atom is -0.497 e. The summed E-state index contributed by atoms with van der Waals surface area (Å²) in [6.07, 6.45) is 1.66. The van der Waals surface area contributed by atoms with Crippen molar-refractivity contribution in [1.29, 1.82) is 0 Å².